The van der Waals surface area contributed by atoms with Gasteiger partial charge in [-0.05, 0) is 51.3 Å². The van der Waals surface area contributed by atoms with Gasteiger partial charge in [0.2, 0.25) is 10.0 Å². The maximum atomic E-state index is 11.5. The molecule has 0 saturated carbocycles. The van der Waals surface area contributed by atoms with Crippen LogP contribution in [-0.4, -0.2) is 35.7 Å². The molecule has 0 amide bonds. The first-order valence-electron chi connectivity index (χ1n) is 5.41. The van der Waals surface area contributed by atoms with E-state index in [4.69, 9.17) is 4.74 Å². The fourth-order valence-electron chi connectivity index (χ4n) is 1.27. The Hall–Kier alpha value is -1.11. The summed E-state index contributed by atoms with van der Waals surface area (Å²) in [7, 11) is -0.0869. The highest BCUT2D eigenvalue weighted by Gasteiger charge is 2.10. The van der Waals surface area contributed by atoms with Gasteiger partial charge in [0.1, 0.15) is 5.75 Å². The summed E-state index contributed by atoms with van der Waals surface area (Å²) >= 11 is 0. The molecule has 6 heteroatoms. The van der Waals surface area contributed by atoms with Crippen molar-refractivity contribution < 1.29 is 13.2 Å². The van der Waals surface area contributed by atoms with E-state index in [0.717, 1.165) is 13.0 Å². The minimum Gasteiger partial charge on any atom is -0.494 e. The summed E-state index contributed by atoms with van der Waals surface area (Å²) < 4.78 is 30.6. The van der Waals surface area contributed by atoms with Crippen molar-refractivity contribution in [1.29, 1.82) is 0 Å². The maximum absolute atomic E-state index is 11.5. The van der Waals surface area contributed by atoms with Gasteiger partial charge >= 0.3 is 0 Å². The van der Waals surface area contributed by atoms with Crippen LogP contribution >= 0.6 is 0 Å². The van der Waals surface area contributed by atoms with Crippen LogP contribution in [0.2, 0.25) is 0 Å². The van der Waals surface area contributed by atoms with Gasteiger partial charge in [-0.15, -0.1) is 0 Å². The van der Waals surface area contributed by atoms with Crippen LogP contribution in [-0.2, 0) is 10.0 Å². The van der Waals surface area contributed by atoms with Gasteiger partial charge in [0.25, 0.3) is 0 Å². The Labute approximate surface area is 102 Å². The second-order valence-corrected chi connectivity index (χ2v) is 5.37. The van der Waals surface area contributed by atoms with Crippen LogP contribution in [0.1, 0.15) is 6.42 Å². The summed E-state index contributed by atoms with van der Waals surface area (Å²) in [4.78, 5) is 0.238. The van der Waals surface area contributed by atoms with Crippen LogP contribution in [0.15, 0.2) is 29.2 Å². The summed E-state index contributed by atoms with van der Waals surface area (Å²) in [6.45, 7) is 1.51. The number of benzene rings is 1. The molecule has 17 heavy (non-hydrogen) atoms. The minimum atomic E-state index is -3.36. The Kier molecular flexibility index (Phi) is 5.40. The molecule has 0 saturated heterocycles. The Balaban J connectivity index is 2.57. The lowest BCUT2D eigenvalue weighted by atomic mass is 10.3. The van der Waals surface area contributed by atoms with Crippen molar-refractivity contribution in [2.45, 2.75) is 11.3 Å². The second kappa shape index (κ2) is 6.58. The van der Waals surface area contributed by atoms with Crippen molar-refractivity contribution in [2.24, 2.45) is 0 Å². The number of hydrogen-bond donors (Lipinski definition) is 2. The molecule has 0 radical (unpaired) electrons. The molecule has 0 fully saturated rings. The van der Waals surface area contributed by atoms with Crippen LogP contribution in [0, 0.1) is 0 Å². The van der Waals surface area contributed by atoms with Crippen molar-refractivity contribution >= 4 is 10.0 Å². The van der Waals surface area contributed by atoms with Gasteiger partial charge in [0.15, 0.2) is 0 Å². The lowest BCUT2D eigenvalue weighted by Gasteiger charge is -2.07. The first-order valence-corrected chi connectivity index (χ1v) is 6.89. The van der Waals surface area contributed by atoms with Crippen LogP contribution in [0.5, 0.6) is 5.75 Å². The van der Waals surface area contributed by atoms with E-state index in [-0.39, 0.29) is 4.90 Å². The molecule has 5 nitrogen and oxygen atoms in total. The molecule has 0 aliphatic rings. The Morgan fingerprint density at radius 1 is 1.18 bits per heavy atom. The number of rotatable bonds is 7. The molecule has 0 unspecified atom stereocenters. The highest BCUT2D eigenvalue weighted by Crippen LogP contribution is 2.15. The largest absolute Gasteiger partial charge is 0.494 e. The SMILES string of the molecule is CNCCCOc1ccc(S(=O)(=O)NC)cc1. The van der Waals surface area contributed by atoms with Crippen LogP contribution in [0.4, 0.5) is 0 Å². The van der Waals surface area contributed by atoms with Crippen molar-refractivity contribution in [1.82, 2.24) is 10.0 Å². The number of nitrogens with one attached hydrogen (secondary N) is 2. The Bertz CT molecular complexity index is 429. The predicted octanol–water partition coefficient (Wildman–Crippen LogP) is 0.583. The highest BCUT2D eigenvalue weighted by molar-refractivity contribution is 7.89. The third kappa shape index (κ3) is 4.33. The minimum absolute atomic E-state index is 0.238. The molecule has 0 aromatic heterocycles. The van der Waals surface area contributed by atoms with E-state index in [1.165, 1.54) is 19.2 Å². The van der Waals surface area contributed by atoms with Gasteiger partial charge in [-0.2, -0.15) is 0 Å². The van der Waals surface area contributed by atoms with E-state index in [0.29, 0.717) is 12.4 Å². The van der Waals surface area contributed by atoms with Crippen molar-refractivity contribution in [3.05, 3.63) is 24.3 Å². The van der Waals surface area contributed by atoms with E-state index in [2.05, 4.69) is 10.0 Å². The standard InChI is InChI=1S/C11H18N2O3S/c1-12-8-3-9-16-10-4-6-11(7-5-10)17(14,15)13-2/h4-7,12-13H,3,8-9H2,1-2H3. The van der Waals surface area contributed by atoms with Gasteiger partial charge in [-0.1, -0.05) is 0 Å². The van der Waals surface area contributed by atoms with E-state index in [1.54, 1.807) is 12.1 Å². The molecule has 1 aromatic rings. The van der Waals surface area contributed by atoms with Crippen LogP contribution in [0.3, 0.4) is 0 Å². The smallest absolute Gasteiger partial charge is 0.240 e. The van der Waals surface area contributed by atoms with Gasteiger partial charge in [0, 0.05) is 0 Å². The summed E-state index contributed by atoms with van der Waals surface area (Å²) in [5.74, 6) is 0.677. The molecule has 0 atom stereocenters. The zero-order chi connectivity index (χ0) is 12.7. The molecule has 96 valence electrons. The highest BCUT2D eigenvalue weighted by atomic mass is 32.2. The topological polar surface area (TPSA) is 67.4 Å². The first kappa shape index (κ1) is 14.0. The molecule has 0 aliphatic heterocycles. The van der Waals surface area contributed by atoms with Crippen LogP contribution in [0.25, 0.3) is 0 Å². The molecule has 2 N–H and O–H groups in total. The normalized spacial score (nSPS) is 11.4. The zero-order valence-corrected chi connectivity index (χ0v) is 10.9. The summed E-state index contributed by atoms with van der Waals surface area (Å²) in [5.41, 5.74) is 0. The van der Waals surface area contributed by atoms with Crippen molar-refractivity contribution in [2.75, 3.05) is 27.2 Å². The number of ether oxygens (including phenoxy) is 1. The van der Waals surface area contributed by atoms with Crippen LogP contribution < -0.4 is 14.8 Å². The zero-order valence-electron chi connectivity index (χ0n) is 10.1. The fraction of sp³-hybridized carbons (Fsp3) is 0.455. The average Bonchev–Trinajstić information content (AvgIpc) is 2.35. The third-order valence-corrected chi connectivity index (χ3v) is 3.67. The number of hydrogen-bond acceptors (Lipinski definition) is 4. The first-order chi connectivity index (χ1) is 8.10. The van der Waals surface area contributed by atoms with E-state index < -0.39 is 10.0 Å². The quantitative estimate of drug-likeness (QED) is 0.702. The third-order valence-electron chi connectivity index (χ3n) is 2.24. The molecule has 0 bridgehead atoms. The van der Waals surface area contributed by atoms with Gasteiger partial charge in [0.05, 0.1) is 11.5 Å². The molecule has 0 aliphatic carbocycles. The van der Waals surface area contributed by atoms with Gasteiger partial charge < -0.3 is 10.1 Å². The second-order valence-electron chi connectivity index (χ2n) is 3.48. The van der Waals surface area contributed by atoms with Crippen molar-refractivity contribution in [3.8, 4) is 5.75 Å². The molecule has 1 aromatic carbocycles. The van der Waals surface area contributed by atoms with E-state index in [9.17, 15) is 8.42 Å². The molecular formula is C11H18N2O3S. The predicted molar refractivity (Wildman–Crippen MR) is 66.7 cm³/mol. The van der Waals surface area contributed by atoms with Gasteiger partial charge in [-0.3, -0.25) is 0 Å². The van der Waals surface area contributed by atoms with Crippen molar-refractivity contribution in [3.63, 3.8) is 0 Å². The lowest BCUT2D eigenvalue weighted by Crippen LogP contribution is -2.18. The monoisotopic (exact) mass is 258 g/mol. The van der Waals surface area contributed by atoms with E-state index in [1.807, 2.05) is 7.05 Å². The average molecular weight is 258 g/mol. The van der Waals surface area contributed by atoms with E-state index >= 15 is 0 Å². The maximum Gasteiger partial charge on any atom is 0.240 e. The van der Waals surface area contributed by atoms with Gasteiger partial charge in [-0.25, -0.2) is 13.1 Å². The molecule has 0 spiro atoms. The summed E-state index contributed by atoms with van der Waals surface area (Å²) in [6, 6.07) is 6.37. The summed E-state index contributed by atoms with van der Waals surface area (Å²) in [5, 5.41) is 3.02. The molecule has 1 rings (SSSR count). The lowest BCUT2D eigenvalue weighted by molar-refractivity contribution is 0.309. The Morgan fingerprint density at radius 2 is 1.82 bits per heavy atom. The fourth-order valence-corrected chi connectivity index (χ4v) is 2.00. The molecule has 0 heterocycles. The molecular weight excluding hydrogens is 240 g/mol. The summed E-state index contributed by atoms with van der Waals surface area (Å²) in [6.07, 6.45) is 0.910. The number of sulfonamides is 1. The Morgan fingerprint density at radius 3 is 2.35 bits per heavy atom.